The molecule has 0 aliphatic heterocycles. The maximum atomic E-state index is 12.1. The van der Waals surface area contributed by atoms with E-state index in [2.05, 4.69) is 20.3 Å². The molecule has 0 spiro atoms. The molecule has 2 aromatic heterocycles. The summed E-state index contributed by atoms with van der Waals surface area (Å²) in [5.74, 6) is 0.339. The van der Waals surface area contributed by atoms with Gasteiger partial charge in [-0.15, -0.1) is 0 Å². The summed E-state index contributed by atoms with van der Waals surface area (Å²) in [5, 5.41) is 9.83. The minimum Gasteiger partial charge on any atom is -0.287 e. The number of H-pyrrole nitrogens is 2. The van der Waals surface area contributed by atoms with Gasteiger partial charge in [0.1, 0.15) is 0 Å². The first kappa shape index (κ1) is 13.4. The summed E-state index contributed by atoms with van der Waals surface area (Å²) in [7, 11) is 0. The van der Waals surface area contributed by atoms with Crippen LogP contribution in [0, 0.1) is 18.6 Å². The molecule has 0 aliphatic carbocycles. The van der Waals surface area contributed by atoms with E-state index in [1.54, 1.807) is 4.68 Å². The first-order valence-electron chi connectivity index (χ1n) is 6.37. The number of aromatic amines is 2. The minimum absolute atomic E-state index is 0.200. The third-order valence-electron chi connectivity index (χ3n) is 3.08. The van der Waals surface area contributed by atoms with Crippen molar-refractivity contribution in [2.45, 2.75) is 13.8 Å². The fourth-order valence-corrected chi connectivity index (χ4v) is 2.26. The van der Waals surface area contributed by atoms with Gasteiger partial charge in [-0.2, -0.15) is 10.1 Å². The monoisotopic (exact) mass is 299 g/mol. The molecular weight excluding hydrogens is 286 g/mol. The first-order valence-corrected chi connectivity index (χ1v) is 6.78. The van der Waals surface area contributed by atoms with Crippen molar-refractivity contribution >= 4 is 12.2 Å². The van der Waals surface area contributed by atoms with Crippen molar-refractivity contribution in [1.82, 2.24) is 25.0 Å². The van der Waals surface area contributed by atoms with E-state index in [9.17, 15) is 4.79 Å². The van der Waals surface area contributed by atoms with Gasteiger partial charge in [0.2, 0.25) is 10.2 Å². The molecule has 3 aromatic rings. The molecule has 0 aliphatic rings. The normalized spacial score (nSPS) is 10.8. The van der Waals surface area contributed by atoms with Gasteiger partial charge in [0, 0.05) is 11.8 Å². The number of aryl methyl sites for hydroxylation is 2. The van der Waals surface area contributed by atoms with Gasteiger partial charge < -0.3 is 0 Å². The molecule has 1 aromatic carbocycles. The average molecular weight is 299 g/mol. The molecule has 2 N–H and O–H groups in total. The topological polar surface area (TPSA) is 79.4 Å². The minimum atomic E-state index is -0.200. The number of nitrogens with one attached hydrogen (secondary N) is 2. The number of hydrogen-bond donors (Lipinski definition) is 2. The molecule has 0 saturated carbocycles. The average Bonchev–Trinajstić information content (AvgIpc) is 2.85. The van der Waals surface area contributed by atoms with Crippen LogP contribution in [0.5, 0.6) is 0 Å². The third kappa shape index (κ3) is 2.55. The van der Waals surface area contributed by atoms with Crippen molar-refractivity contribution in [2.75, 3.05) is 0 Å². The van der Waals surface area contributed by atoms with E-state index in [1.807, 2.05) is 38.1 Å². The lowest BCUT2D eigenvalue weighted by Crippen LogP contribution is -2.16. The molecule has 0 unspecified atom stereocenters. The van der Waals surface area contributed by atoms with Crippen molar-refractivity contribution in [3.63, 3.8) is 0 Å². The van der Waals surface area contributed by atoms with Crippen LogP contribution in [0.3, 0.4) is 0 Å². The van der Waals surface area contributed by atoms with Crippen molar-refractivity contribution in [2.24, 2.45) is 0 Å². The summed E-state index contributed by atoms with van der Waals surface area (Å²) in [5.41, 5.74) is 2.79. The standard InChI is InChI=1S/C14H13N5OS/c1-8-4-3-5-10(6-8)19-9(2)7-11(20)12(18-19)13-15-14(21)17-16-13/h3-7H,1-2H3,(H2,15,16,17,21). The lowest BCUT2D eigenvalue weighted by atomic mass is 10.2. The van der Waals surface area contributed by atoms with Gasteiger partial charge >= 0.3 is 0 Å². The van der Waals surface area contributed by atoms with Gasteiger partial charge in [-0.3, -0.25) is 15.0 Å². The molecule has 0 atom stereocenters. The molecule has 106 valence electrons. The SMILES string of the molecule is Cc1cccc(-n2nc(-c3nc(=S)[nH][nH]3)c(=O)cc2C)c1. The summed E-state index contributed by atoms with van der Waals surface area (Å²) < 4.78 is 2.00. The van der Waals surface area contributed by atoms with E-state index in [4.69, 9.17) is 12.2 Å². The van der Waals surface area contributed by atoms with Gasteiger partial charge in [0.25, 0.3) is 0 Å². The quantitative estimate of drug-likeness (QED) is 0.712. The Labute approximate surface area is 125 Å². The van der Waals surface area contributed by atoms with Crippen molar-refractivity contribution in [3.8, 4) is 17.2 Å². The highest BCUT2D eigenvalue weighted by Crippen LogP contribution is 2.13. The second-order valence-electron chi connectivity index (χ2n) is 4.76. The molecule has 21 heavy (non-hydrogen) atoms. The Morgan fingerprint density at radius 3 is 2.67 bits per heavy atom. The fourth-order valence-electron chi connectivity index (χ4n) is 2.11. The van der Waals surface area contributed by atoms with E-state index < -0.39 is 0 Å². The zero-order valence-electron chi connectivity index (χ0n) is 11.5. The zero-order chi connectivity index (χ0) is 15.0. The van der Waals surface area contributed by atoms with Crippen LogP contribution in [0.15, 0.2) is 35.1 Å². The Morgan fingerprint density at radius 2 is 2.00 bits per heavy atom. The fraction of sp³-hybridized carbons (Fsp3) is 0.143. The summed E-state index contributed by atoms with van der Waals surface area (Å²) in [6.07, 6.45) is 0. The predicted molar refractivity (Wildman–Crippen MR) is 82.1 cm³/mol. The highest BCUT2D eigenvalue weighted by atomic mass is 32.1. The highest BCUT2D eigenvalue weighted by molar-refractivity contribution is 7.71. The molecule has 0 bridgehead atoms. The number of hydrogen-bond acceptors (Lipinski definition) is 4. The second kappa shape index (κ2) is 5.10. The Kier molecular flexibility index (Phi) is 3.26. The van der Waals surface area contributed by atoms with E-state index >= 15 is 0 Å². The van der Waals surface area contributed by atoms with Gasteiger partial charge in [-0.25, -0.2) is 4.68 Å². The van der Waals surface area contributed by atoms with Crippen LogP contribution in [-0.2, 0) is 0 Å². The van der Waals surface area contributed by atoms with Crippen molar-refractivity contribution in [1.29, 1.82) is 0 Å². The maximum Gasteiger partial charge on any atom is 0.213 e. The van der Waals surface area contributed by atoms with Crippen molar-refractivity contribution < 1.29 is 0 Å². The molecule has 0 radical (unpaired) electrons. The molecule has 0 amide bonds. The summed E-state index contributed by atoms with van der Waals surface area (Å²) >= 11 is 4.91. The Bertz CT molecular complexity index is 921. The zero-order valence-corrected chi connectivity index (χ0v) is 12.4. The Morgan fingerprint density at radius 1 is 1.19 bits per heavy atom. The third-order valence-corrected chi connectivity index (χ3v) is 3.27. The lowest BCUT2D eigenvalue weighted by molar-refractivity contribution is 0.800. The molecule has 2 heterocycles. The summed E-state index contributed by atoms with van der Waals surface area (Å²) in [4.78, 5) is 16.2. The van der Waals surface area contributed by atoms with E-state index in [1.165, 1.54) is 6.07 Å². The van der Waals surface area contributed by atoms with Crippen LogP contribution in [0.25, 0.3) is 17.2 Å². The van der Waals surface area contributed by atoms with Crippen LogP contribution < -0.4 is 5.43 Å². The maximum absolute atomic E-state index is 12.1. The van der Waals surface area contributed by atoms with Crippen molar-refractivity contribution in [3.05, 3.63) is 56.6 Å². The molecule has 6 nitrogen and oxygen atoms in total. The summed E-state index contributed by atoms with van der Waals surface area (Å²) in [6, 6.07) is 9.43. The largest absolute Gasteiger partial charge is 0.287 e. The lowest BCUT2D eigenvalue weighted by Gasteiger charge is -2.10. The molecule has 0 saturated heterocycles. The molecule has 7 heteroatoms. The van der Waals surface area contributed by atoms with E-state index in [0.717, 1.165) is 16.9 Å². The summed E-state index contributed by atoms with van der Waals surface area (Å²) in [6.45, 7) is 3.85. The van der Waals surface area contributed by atoms with Crippen LogP contribution in [-0.4, -0.2) is 25.0 Å². The van der Waals surface area contributed by atoms with Crippen LogP contribution in [0.4, 0.5) is 0 Å². The van der Waals surface area contributed by atoms with Crippen LogP contribution >= 0.6 is 12.2 Å². The number of rotatable bonds is 2. The van der Waals surface area contributed by atoms with E-state index in [-0.39, 0.29) is 15.9 Å². The second-order valence-corrected chi connectivity index (χ2v) is 5.15. The first-order chi connectivity index (χ1) is 10.0. The van der Waals surface area contributed by atoms with Crippen LogP contribution in [0.2, 0.25) is 0 Å². The number of benzene rings is 1. The predicted octanol–water partition coefficient (Wildman–Crippen LogP) is 2.30. The van der Waals surface area contributed by atoms with Gasteiger partial charge in [-0.1, -0.05) is 12.1 Å². The van der Waals surface area contributed by atoms with E-state index in [0.29, 0.717) is 5.82 Å². The molecule has 3 rings (SSSR count). The highest BCUT2D eigenvalue weighted by Gasteiger charge is 2.12. The Balaban J connectivity index is 2.23. The molecular formula is C14H13N5OS. The van der Waals surface area contributed by atoms with Crippen LogP contribution in [0.1, 0.15) is 11.3 Å². The number of nitrogens with zero attached hydrogens (tertiary/aromatic N) is 3. The van der Waals surface area contributed by atoms with Gasteiger partial charge in [0.15, 0.2) is 11.5 Å². The number of aromatic nitrogens is 5. The molecule has 0 fully saturated rings. The van der Waals surface area contributed by atoms with Gasteiger partial charge in [-0.05, 0) is 43.8 Å². The smallest absolute Gasteiger partial charge is 0.213 e. The Hall–Kier alpha value is -2.54. The van der Waals surface area contributed by atoms with Gasteiger partial charge in [0.05, 0.1) is 5.69 Å².